The number of pyridine rings is 1. The summed E-state index contributed by atoms with van der Waals surface area (Å²) >= 11 is 0. The molecule has 0 aliphatic rings. The van der Waals surface area contributed by atoms with E-state index in [1.807, 2.05) is 36.4 Å². The molecule has 2 rings (SSSR count). The van der Waals surface area contributed by atoms with E-state index in [4.69, 9.17) is 9.84 Å². The van der Waals surface area contributed by atoms with Gasteiger partial charge in [-0.15, -0.1) is 0 Å². The van der Waals surface area contributed by atoms with Gasteiger partial charge < -0.3 is 15.2 Å². The highest BCUT2D eigenvalue weighted by molar-refractivity contribution is 5.78. The van der Waals surface area contributed by atoms with Gasteiger partial charge in [0.15, 0.2) is 0 Å². The molecule has 1 aromatic heterocycles. The second-order valence-corrected chi connectivity index (χ2v) is 6.97. The van der Waals surface area contributed by atoms with E-state index in [0.717, 1.165) is 16.6 Å². The number of rotatable bonds is 6. The SMILES string of the molecule is CC(C)(C)OC(=O)NC(CCC(=O)O)Cc1ccc2ccccc2n1. The van der Waals surface area contributed by atoms with Crippen LogP contribution < -0.4 is 5.32 Å². The van der Waals surface area contributed by atoms with Gasteiger partial charge in [-0.25, -0.2) is 4.79 Å². The first-order chi connectivity index (χ1) is 11.7. The van der Waals surface area contributed by atoms with Gasteiger partial charge in [-0.1, -0.05) is 24.3 Å². The van der Waals surface area contributed by atoms with Crippen molar-refractivity contribution in [1.82, 2.24) is 10.3 Å². The minimum Gasteiger partial charge on any atom is -0.481 e. The number of amides is 1. The Kier molecular flexibility index (Phi) is 5.96. The largest absolute Gasteiger partial charge is 0.481 e. The first-order valence-electron chi connectivity index (χ1n) is 8.29. The van der Waals surface area contributed by atoms with Gasteiger partial charge in [-0.2, -0.15) is 0 Å². The van der Waals surface area contributed by atoms with Crippen LogP contribution in [0, 0.1) is 0 Å². The fourth-order valence-electron chi connectivity index (χ4n) is 2.47. The first kappa shape index (κ1) is 18.7. The number of fused-ring (bicyclic) bond motifs is 1. The number of nitrogens with zero attached hydrogens (tertiary/aromatic N) is 1. The van der Waals surface area contributed by atoms with E-state index >= 15 is 0 Å². The number of aromatic nitrogens is 1. The lowest BCUT2D eigenvalue weighted by molar-refractivity contribution is -0.137. The number of benzene rings is 1. The van der Waals surface area contributed by atoms with Crippen LogP contribution in [0.2, 0.25) is 0 Å². The normalized spacial score (nSPS) is 12.6. The summed E-state index contributed by atoms with van der Waals surface area (Å²) in [6.07, 6.45) is 0.165. The molecule has 134 valence electrons. The molecule has 0 radical (unpaired) electrons. The average molecular weight is 344 g/mol. The number of para-hydroxylation sites is 1. The molecule has 6 heteroatoms. The third-order valence-electron chi connectivity index (χ3n) is 3.54. The minimum absolute atomic E-state index is 0.0337. The second-order valence-electron chi connectivity index (χ2n) is 6.97. The number of ether oxygens (including phenoxy) is 1. The molecular formula is C19H24N2O4. The number of aliphatic carboxylic acids is 1. The fourth-order valence-corrected chi connectivity index (χ4v) is 2.47. The van der Waals surface area contributed by atoms with Crippen LogP contribution in [0.15, 0.2) is 36.4 Å². The highest BCUT2D eigenvalue weighted by Crippen LogP contribution is 2.15. The Labute approximate surface area is 147 Å². The molecule has 1 aromatic carbocycles. The van der Waals surface area contributed by atoms with E-state index in [2.05, 4.69) is 10.3 Å². The predicted octanol–water partition coefficient (Wildman–Crippen LogP) is 3.54. The molecule has 1 atom stereocenters. The minimum atomic E-state index is -0.901. The summed E-state index contributed by atoms with van der Waals surface area (Å²) in [5.41, 5.74) is 1.06. The Bertz CT molecular complexity index is 752. The monoisotopic (exact) mass is 344 g/mol. The molecule has 0 saturated heterocycles. The standard InChI is InChI=1S/C19H24N2O4/c1-19(2,3)25-18(24)21-15(10-11-17(22)23)12-14-9-8-13-6-4-5-7-16(13)20-14/h4-9,15H,10-12H2,1-3H3,(H,21,24)(H,22,23). The number of alkyl carbamates (subject to hydrolysis) is 1. The van der Waals surface area contributed by atoms with Gasteiger partial charge in [0.1, 0.15) is 5.60 Å². The van der Waals surface area contributed by atoms with Crippen molar-refractivity contribution in [3.05, 3.63) is 42.1 Å². The molecular weight excluding hydrogens is 320 g/mol. The highest BCUT2D eigenvalue weighted by Gasteiger charge is 2.20. The van der Waals surface area contributed by atoms with Crippen molar-refractivity contribution in [3.63, 3.8) is 0 Å². The third kappa shape index (κ3) is 6.41. The Morgan fingerprint density at radius 1 is 1.20 bits per heavy atom. The van der Waals surface area contributed by atoms with Crippen LogP contribution in [0.25, 0.3) is 10.9 Å². The van der Waals surface area contributed by atoms with Crippen molar-refractivity contribution in [2.45, 2.75) is 51.7 Å². The van der Waals surface area contributed by atoms with Crippen molar-refractivity contribution >= 4 is 23.0 Å². The summed E-state index contributed by atoms with van der Waals surface area (Å²) < 4.78 is 5.27. The smallest absolute Gasteiger partial charge is 0.407 e. The topological polar surface area (TPSA) is 88.5 Å². The van der Waals surface area contributed by atoms with E-state index in [1.165, 1.54) is 0 Å². The summed E-state index contributed by atoms with van der Waals surface area (Å²) in [4.78, 5) is 27.5. The van der Waals surface area contributed by atoms with Crippen LogP contribution in [0.3, 0.4) is 0 Å². The number of hydrogen-bond acceptors (Lipinski definition) is 4. The Morgan fingerprint density at radius 2 is 1.92 bits per heavy atom. The second kappa shape index (κ2) is 7.96. The van der Waals surface area contributed by atoms with Crippen LogP contribution in [-0.4, -0.2) is 33.8 Å². The zero-order valence-corrected chi connectivity index (χ0v) is 14.8. The molecule has 25 heavy (non-hydrogen) atoms. The van der Waals surface area contributed by atoms with Gasteiger partial charge in [0.2, 0.25) is 0 Å². The van der Waals surface area contributed by atoms with E-state index in [-0.39, 0.29) is 12.5 Å². The summed E-state index contributed by atoms with van der Waals surface area (Å²) in [5.74, 6) is -0.901. The number of carboxylic acid groups (broad SMARTS) is 1. The number of carbonyl (C=O) groups excluding carboxylic acids is 1. The summed E-state index contributed by atoms with van der Waals surface area (Å²) in [6, 6.07) is 11.3. The van der Waals surface area contributed by atoms with Crippen molar-refractivity contribution in [1.29, 1.82) is 0 Å². The van der Waals surface area contributed by atoms with Gasteiger partial charge in [0.05, 0.1) is 5.52 Å². The number of carbonyl (C=O) groups is 2. The molecule has 0 aliphatic carbocycles. The predicted molar refractivity (Wildman–Crippen MR) is 95.5 cm³/mol. The maximum Gasteiger partial charge on any atom is 0.407 e. The first-order valence-corrected chi connectivity index (χ1v) is 8.29. The number of hydrogen-bond donors (Lipinski definition) is 2. The van der Waals surface area contributed by atoms with Crippen LogP contribution in [0.1, 0.15) is 39.3 Å². The maximum atomic E-state index is 12.0. The fraction of sp³-hybridized carbons (Fsp3) is 0.421. The Balaban J connectivity index is 2.10. The summed E-state index contributed by atoms with van der Waals surface area (Å²) in [6.45, 7) is 5.34. The summed E-state index contributed by atoms with van der Waals surface area (Å²) in [5, 5.41) is 12.7. The molecule has 1 heterocycles. The highest BCUT2D eigenvalue weighted by atomic mass is 16.6. The Hall–Kier alpha value is -2.63. The molecule has 2 aromatic rings. The maximum absolute atomic E-state index is 12.0. The van der Waals surface area contributed by atoms with Crippen molar-refractivity contribution < 1.29 is 19.4 Å². The Morgan fingerprint density at radius 3 is 2.60 bits per heavy atom. The number of carboxylic acids is 1. The summed E-state index contributed by atoms with van der Waals surface area (Å²) in [7, 11) is 0. The van der Waals surface area contributed by atoms with Crippen LogP contribution >= 0.6 is 0 Å². The van der Waals surface area contributed by atoms with Crippen molar-refractivity contribution in [2.75, 3.05) is 0 Å². The lowest BCUT2D eigenvalue weighted by Crippen LogP contribution is -2.40. The van der Waals surface area contributed by atoms with Crippen LogP contribution in [-0.2, 0) is 16.0 Å². The molecule has 1 amide bonds. The molecule has 2 N–H and O–H groups in total. The molecule has 0 saturated carbocycles. The zero-order chi connectivity index (χ0) is 18.4. The van der Waals surface area contributed by atoms with Gasteiger partial charge in [-0.3, -0.25) is 9.78 Å². The lowest BCUT2D eigenvalue weighted by atomic mass is 10.0. The van der Waals surface area contributed by atoms with Gasteiger partial charge in [-0.05, 0) is 39.3 Å². The lowest BCUT2D eigenvalue weighted by Gasteiger charge is -2.23. The van der Waals surface area contributed by atoms with Gasteiger partial charge in [0.25, 0.3) is 0 Å². The van der Waals surface area contributed by atoms with E-state index in [0.29, 0.717) is 12.8 Å². The van der Waals surface area contributed by atoms with Crippen LogP contribution in [0.4, 0.5) is 4.79 Å². The van der Waals surface area contributed by atoms with Gasteiger partial charge in [0, 0.05) is 30.0 Å². The molecule has 6 nitrogen and oxygen atoms in total. The zero-order valence-electron chi connectivity index (χ0n) is 14.8. The van der Waals surface area contributed by atoms with Gasteiger partial charge >= 0.3 is 12.1 Å². The van der Waals surface area contributed by atoms with Crippen molar-refractivity contribution in [2.24, 2.45) is 0 Å². The van der Waals surface area contributed by atoms with E-state index < -0.39 is 17.7 Å². The van der Waals surface area contributed by atoms with E-state index in [1.54, 1.807) is 20.8 Å². The quantitative estimate of drug-likeness (QED) is 0.837. The molecule has 0 aliphatic heterocycles. The molecule has 0 spiro atoms. The molecule has 0 fully saturated rings. The molecule has 1 unspecified atom stereocenters. The van der Waals surface area contributed by atoms with Crippen LogP contribution in [0.5, 0.6) is 0 Å². The van der Waals surface area contributed by atoms with E-state index in [9.17, 15) is 9.59 Å². The number of nitrogens with one attached hydrogen (secondary N) is 1. The third-order valence-corrected chi connectivity index (χ3v) is 3.54. The molecule has 0 bridgehead atoms. The van der Waals surface area contributed by atoms with Crippen molar-refractivity contribution in [3.8, 4) is 0 Å². The average Bonchev–Trinajstić information content (AvgIpc) is 2.50.